The summed E-state index contributed by atoms with van der Waals surface area (Å²) in [6.45, 7) is 8.00. The van der Waals surface area contributed by atoms with Crippen molar-refractivity contribution < 1.29 is 42.2 Å². The number of sulfonamides is 1. The Kier molecular flexibility index (Phi) is 12.3. The molecule has 5 heterocycles. The number of nitrogens with zero attached hydrogens (tertiary/aromatic N) is 4. The second-order valence-electron chi connectivity index (χ2n) is 20.6. The SMILES string of the molecule is CC(C)c1ccccc1[C@@H]1CC[C@H](CO)N1C1CC2(CCN(c3ccc(C(=O)NS(=O)(=O)c4cc5c(c([N+](=O)[O-])c4)N[C@@H](C4CCC(C)(O)CC4)CO5)c(Oc4cnc5[nH]cc(F)c5c4)c3)CC2)C1. The molecule has 1 spiro atoms. The Morgan fingerprint density at radius 1 is 1.06 bits per heavy atom. The lowest BCUT2D eigenvalue weighted by atomic mass is 9.59. The molecular formula is C51H60FN7O9S. The number of nitrogens with one attached hydrogen (secondary N) is 3. The van der Waals surface area contributed by atoms with Crippen LogP contribution in [0.4, 0.5) is 21.5 Å². The minimum absolute atomic E-state index is 0.00249. The standard InChI is InChI=1S/C51H60FN7O9S/c1-30(2)37-6-4-5-7-38(37)43-11-9-33(28-60)58(43)34-24-51(25-34)16-18-57(19-17-51)32-8-10-39(45(20-32)68-35-21-40-41(52)27-54-48(40)53-26-35)49(61)56-69(65,66)36-22-44(59(63)64)47-46(23-36)67-29-42(55-47)31-12-14-50(3,62)15-13-31/h4-8,10,20-23,26-27,30-31,33-34,42-43,55,60,62H,9,11-19,24-25,28-29H2,1-3H3,(H,53,54)(H,56,61)/t31?,33-,42-,43+,50?/m1/s1. The molecule has 5 N–H and O–H groups in total. The van der Waals surface area contributed by atoms with Crippen LogP contribution < -0.4 is 24.4 Å². The number of H-pyrrole nitrogens is 1. The van der Waals surface area contributed by atoms with Gasteiger partial charge in [-0.2, -0.15) is 0 Å². The van der Waals surface area contributed by atoms with Gasteiger partial charge in [-0.3, -0.25) is 19.8 Å². The van der Waals surface area contributed by atoms with Crippen LogP contribution in [0, 0.1) is 27.3 Å². The van der Waals surface area contributed by atoms with Crippen LogP contribution in [0.25, 0.3) is 11.0 Å². The number of amides is 1. The number of ether oxygens (including phenoxy) is 2. The molecule has 69 heavy (non-hydrogen) atoms. The number of aliphatic hydroxyl groups excluding tert-OH is 1. The first-order valence-corrected chi connectivity index (χ1v) is 25.7. The van der Waals surface area contributed by atoms with E-state index >= 15 is 0 Å². The first-order chi connectivity index (χ1) is 33.0. The Hall–Kier alpha value is -5.82. The summed E-state index contributed by atoms with van der Waals surface area (Å²) in [5, 5.41) is 36.7. The molecule has 4 fully saturated rings. The van der Waals surface area contributed by atoms with Crippen LogP contribution in [-0.2, 0) is 10.0 Å². The predicted molar refractivity (Wildman–Crippen MR) is 258 cm³/mol. The zero-order valence-electron chi connectivity index (χ0n) is 39.1. The molecule has 10 rings (SSSR count). The van der Waals surface area contributed by atoms with E-state index in [2.05, 4.69) is 67.9 Å². The maximum absolute atomic E-state index is 14.7. The fourth-order valence-electron chi connectivity index (χ4n) is 11.9. The number of likely N-dealkylation sites (tertiary alicyclic amines) is 1. The summed E-state index contributed by atoms with van der Waals surface area (Å²) in [6.07, 6.45) is 11.1. The lowest BCUT2D eigenvalue weighted by molar-refractivity contribution is -0.384. The summed E-state index contributed by atoms with van der Waals surface area (Å²) in [5.74, 6) is -1.05. The zero-order valence-corrected chi connectivity index (χ0v) is 39.9. The molecule has 3 aromatic carbocycles. The summed E-state index contributed by atoms with van der Waals surface area (Å²) in [7, 11) is -4.73. The number of rotatable bonds is 12. The molecule has 18 heteroatoms. The Labute approximate surface area is 400 Å². The molecule has 2 saturated carbocycles. The highest BCUT2D eigenvalue weighted by Gasteiger charge is 2.52. The van der Waals surface area contributed by atoms with Gasteiger partial charge in [-0.25, -0.2) is 22.5 Å². The van der Waals surface area contributed by atoms with Crippen molar-refractivity contribution in [3.05, 3.63) is 106 Å². The van der Waals surface area contributed by atoms with Gasteiger partial charge < -0.3 is 34.9 Å². The van der Waals surface area contributed by atoms with E-state index in [1.165, 1.54) is 35.7 Å². The van der Waals surface area contributed by atoms with Crippen molar-refractivity contribution >= 4 is 44.0 Å². The quantitative estimate of drug-likeness (QED) is 0.0586. The number of hydrogen-bond acceptors (Lipinski definition) is 13. The van der Waals surface area contributed by atoms with E-state index in [1.54, 1.807) is 19.1 Å². The largest absolute Gasteiger partial charge is 0.489 e. The van der Waals surface area contributed by atoms with Crippen molar-refractivity contribution in [3.63, 3.8) is 0 Å². The number of nitro groups is 1. The number of halogens is 1. The van der Waals surface area contributed by atoms with Crippen molar-refractivity contribution in [1.82, 2.24) is 19.6 Å². The van der Waals surface area contributed by atoms with E-state index in [9.17, 15) is 37.9 Å². The van der Waals surface area contributed by atoms with E-state index in [0.717, 1.165) is 69.4 Å². The normalized spacial score (nSPS) is 24.9. The average Bonchev–Trinajstić information content (AvgIpc) is 3.92. The molecule has 3 atom stereocenters. The fraction of sp³-hybridized carbons (Fsp3) is 0.490. The molecule has 2 aromatic heterocycles. The van der Waals surface area contributed by atoms with Crippen molar-refractivity contribution in [2.45, 2.75) is 126 Å². The van der Waals surface area contributed by atoms with Gasteiger partial charge >= 0.3 is 0 Å². The van der Waals surface area contributed by atoms with Crippen LogP contribution >= 0.6 is 0 Å². The van der Waals surface area contributed by atoms with Crippen LogP contribution in [0.5, 0.6) is 17.2 Å². The van der Waals surface area contributed by atoms with E-state index in [0.29, 0.717) is 43.3 Å². The van der Waals surface area contributed by atoms with Crippen LogP contribution in [0.3, 0.4) is 0 Å². The minimum Gasteiger partial charge on any atom is -0.489 e. The number of benzene rings is 3. The Balaban J connectivity index is 0.868. The van der Waals surface area contributed by atoms with Crippen molar-refractivity contribution in [2.75, 3.05) is 36.5 Å². The first kappa shape index (κ1) is 46.9. The van der Waals surface area contributed by atoms with Crippen molar-refractivity contribution in [2.24, 2.45) is 11.3 Å². The van der Waals surface area contributed by atoms with Gasteiger partial charge in [0.1, 0.15) is 29.6 Å². The van der Waals surface area contributed by atoms with Gasteiger partial charge in [0.2, 0.25) is 0 Å². The van der Waals surface area contributed by atoms with Gasteiger partial charge in [-0.15, -0.1) is 0 Å². The molecule has 2 saturated heterocycles. The maximum atomic E-state index is 14.7. The molecule has 0 radical (unpaired) electrons. The van der Waals surface area contributed by atoms with Gasteiger partial charge in [0.15, 0.2) is 11.4 Å². The minimum atomic E-state index is -4.73. The smallest absolute Gasteiger partial charge is 0.297 e. The Morgan fingerprint density at radius 3 is 2.54 bits per heavy atom. The molecule has 5 aromatic rings. The van der Waals surface area contributed by atoms with Gasteiger partial charge in [0, 0.05) is 61.3 Å². The second-order valence-corrected chi connectivity index (χ2v) is 22.3. The number of carbonyl (C=O) groups is 1. The van der Waals surface area contributed by atoms with Gasteiger partial charge in [-0.1, -0.05) is 38.1 Å². The summed E-state index contributed by atoms with van der Waals surface area (Å²) in [5.41, 5.74) is 2.55. The number of aliphatic hydroxyl groups is 2. The predicted octanol–water partition coefficient (Wildman–Crippen LogP) is 8.71. The van der Waals surface area contributed by atoms with E-state index in [-0.39, 0.29) is 76.6 Å². The average molecular weight is 966 g/mol. The van der Waals surface area contributed by atoms with E-state index < -0.39 is 42.9 Å². The van der Waals surface area contributed by atoms with Crippen molar-refractivity contribution in [1.29, 1.82) is 0 Å². The van der Waals surface area contributed by atoms with E-state index in [1.807, 2.05) is 0 Å². The lowest BCUT2D eigenvalue weighted by Crippen LogP contribution is -2.57. The number of nitro benzene ring substituents is 1. The summed E-state index contributed by atoms with van der Waals surface area (Å²) in [6, 6.07) is 17.6. The number of aromatic amines is 1. The first-order valence-electron chi connectivity index (χ1n) is 24.2. The molecule has 0 bridgehead atoms. The van der Waals surface area contributed by atoms with Crippen molar-refractivity contribution in [3.8, 4) is 17.2 Å². The Bertz CT molecular complexity index is 2880. The van der Waals surface area contributed by atoms with E-state index in [4.69, 9.17) is 9.47 Å². The number of fused-ring (bicyclic) bond motifs is 2. The van der Waals surface area contributed by atoms with Crippen LogP contribution in [0.2, 0.25) is 0 Å². The molecule has 5 aliphatic rings. The lowest BCUT2D eigenvalue weighted by Gasteiger charge is -2.57. The Morgan fingerprint density at radius 2 is 1.81 bits per heavy atom. The molecular weight excluding hydrogens is 906 g/mol. The molecule has 2 aliphatic carbocycles. The third-order valence-electron chi connectivity index (χ3n) is 15.8. The number of hydrogen-bond donors (Lipinski definition) is 5. The molecule has 0 unspecified atom stereocenters. The fourth-order valence-corrected chi connectivity index (χ4v) is 12.9. The topological polar surface area (TPSA) is 212 Å². The van der Waals surface area contributed by atoms with Crippen LogP contribution in [-0.4, -0.2) is 94.4 Å². The van der Waals surface area contributed by atoms with Gasteiger partial charge in [-0.05, 0) is 118 Å². The number of anilines is 2. The number of carbonyl (C=O) groups excluding carboxylic acids is 1. The van der Waals surface area contributed by atoms with Crippen LogP contribution in [0.15, 0.2) is 78.0 Å². The number of aromatic nitrogens is 2. The molecule has 366 valence electrons. The number of piperidine rings is 1. The highest BCUT2D eigenvalue weighted by molar-refractivity contribution is 7.90. The molecule has 16 nitrogen and oxygen atoms in total. The second kappa shape index (κ2) is 18.2. The highest BCUT2D eigenvalue weighted by Crippen LogP contribution is 2.55. The molecule has 1 amide bonds. The molecule has 3 aliphatic heterocycles. The summed E-state index contributed by atoms with van der Waals surface area (Å²) in [4.78, 5) is 37.1. The third kappa shape index (κ3) is 9.12. The third-order valence-corrected chi connectivity index (χ3v) is 17.1. The summed E-state index contributed by atoms with van der Waals surface area (Å²) >= 11 is 0. The van der Waals surface area contributed by atoms with Gasteiger partial charge in [0.05, 0.1) is 45.2 Å². The van der Waals surface area contributed by atoms with Gasteiger partial charge in [0.25, 0.3) is 21.6 Å². The highest BCUT2D eigenvalue weighted by atomic mass is 32.2. The zero-order chi connectivity index (χ0) is 48.4. The summed E-state index contributed by atoms with van der Waals surface area (Å²) < 4.78 is 57.0. The monoisotopic (exact) mass is 965 g/mol. The maximum Gasteiger partial charge on any atom is 0.297 e. The number of pyridine rings is 1. The van der Waals surface area contributed by atoms with Crippen LogP contribution in [0.1, 0.15) is 118 Å².